The summed E-state index contributed by atoms with van der Waals surface area (Å²) < 4.78 is 0. The molecule has 0 heterocycles. The van der Waals surface area contributed by atoms with Gasteiger partial charge in [-0.3, -0.25) is 0 Å². The third-order valence-electron chi connectivity index (χ3n) is 1.64. The molecule has 0 aliphatic carbocycles. The highest BCUT2D eigenvalue weighted by Gasteiger charge is 1.93. The average Bonchev–Trinajstić information content (AvgIpc) is 2.14. The van der Waals surface area contributed by atoms with Gasteiger partial charge in [-0.25, -0.2) is 0 Å². The Morgan fingerprint density at radius 3 is 2.64 bits per heavy atom. The summed E-state index contributed by atoms with van der Waals surface area (Å²) in [5.41, 5.74) is 8.06. The first-order valence-corrected chi connectivity index (χ1v) is 4.51. The zero-order chi connectivity index (χ0) is 11.0. The van der Waals surface area contributed by atoms with Gasteiger partial charge in [-0.2, -0.15) is 0 Å². The van der Waals surface area contributed by atoms with Gasteiger partial charge in [-0.1, -0.05) is 36.5 Å². The predicted molar refractivity (Wildman–Crippen MR) is 60.7 cm³/mol. The predicted octanol–water partition coefficient (Wildman–Crippen LogP) is 2.50. The SMILES string of the molecule is C=C(/C=C(C)\C=C/C)/C(N)=C/CC=O. The smallest absolute Gasteiger partial charge is 0.123 e. The Morgan fingerprint density at radius 1 is 1.50 bits per heavy atom. The van der Waals surface area contributed by atoms with E-state index in [0.29, 0.717) is 12.1 Å². The van der Waals surface area contributed by atoms with Crippen molar-refractivity contribution in [1.29, 1.82) is 0 Å². The zero-order valence-electron chi connectivity index (χ0n) is 8.79. The van der Waals surface area contributed by atoms with Gasteiger partial charge in [0.05, 0.1) is 0 Å². The summed E-state index contributed by atoms with van der Waals surface area (Å²) in [6.45, 7) is 7.73. The largest absolute Gasteiger partial charge is 0.399 e. The van der Waals surface area contributed by atoms with Crippen molar-refractivity contribution in [2.75, 3.05) is 0 Å². The van der Waals surface area contributed by atoms with E-state index in [0.717, 1.165) is 17.4 Å². The molecule has 2 nitrogen and oxygen atoms in total. The van der Waals surface area contributed by atoms with Crippen molar-refractivity contribution in [3.05, 3.63) is 47.7 Å². The highest BCUT2D eigenvalue weighted by molar-refractivity contribution is 5.53. The van der Waals surface area contributed by atoms with Gasteiger partial charge >= 0.3 is 0 Å². The number of hydrogen-bond acceptors (Lipinski definition) is 2. The maximum absolute atomic E-state index is 10.1. The zero-order valence-corrected chi connectivity index (χ0v) is 8.79. The minimum Gasteiger partial charge on any atom is -0.399 e. The molecule has 0 bridgehead atoms. The van der Waals surface area contributed by atoms with Gasteiger partial charge in [0.25, 0.3) is 0 Å². The van der Waals surface area contributed by atoms with E-state index in [-0.39, 0.29) is 0 Å². The first-order valence-electron chi connectivity index (χ1n) is 4.51. The highest BCUT2D eigenvalue weighted by atomic mass is 16.1. The fraction of sp³-hybridized carbons (Fsp3) is 0.250. The molecule has 2 heteroatoms. The molecule has 2 N–H and O–H groups in total. The molecular weight excluding hydrogens is 174 g/mol. The van der Waals surface area contributed by atoms with Crippen LogP contribution in [0.3, 0.4) is 0 Å². The quantitative estimate of drug-likeness (QED) is 0.536. The van der Waals surface area contributed by atoms with E-state index < -0.39 is 0 Å². The van der Waals surface area contributed by atoms with Gasteiger partial charge in [-0.15, -0.1) is 0 Å². The molecule has 0 saturated heterocycles. The topological polar surface area (TPSA) is 43.1 Å². The molecule has 76 valence electrons. The number of carbonyl (C=O) groups is 1. The molecule has 0 amide bonds. The van der Waals surface area contributed by atoms with E-state index >= 15 is 0 Å². The molecule has 0 atom stereocenters. The molecule has 0 aliphatic heterocycles. The summed E-state index contributed by atoms with van der Waals surface area (Å²) in [7, 11) is 0. The van der Waals surface area contributed by atoms with Crippen LogP contribution < -0.4 is 5.73 Å². The number of aldehydes is 1. The molecule has 0 aromatic rings. The third-order valence-corrected chi connectivity index (χ3v) is 1.64. The maximum atomic E-state index is 10.1. The lowest BCUT2D eigenvalue weighted by Gasteiger charge is -2.00. The number of nitrogens with two attached hydrogens (primary N) is 1. The average molecular weight is 191 g/mol. The van der Waals surface area contributed by atoms with E-state index in [9.17, 15) is 4.79 Å². The van der Waals surface area contributed by atoms with Crippen molar-refractivity contribution in [2.24, 2.45) is 5.73 Å². The van der Waals surface area contributed by atoms with Crippen molar-refractivity contribution in [1.82, 2.24) is 0 Å². The summed E-state index contributed by atoms with van der Waals surface area (Å²) in [4.78, 5) is 10.1. The van der Waals surface area contributed by atoms with Crippen LogP contribution in [0.15, 0.2) is 47.7 Å². The summed E-state index contributed by atoms with van der Waals surface area (Å²) in [5.74, 6) is 0. The summed E-state index contributed by atoms with van der Waals surface area (Å²) >= 11 is 0. The fourth-order valence-corrected chi connectivity index (χ4v) is 0.975. The van der Waals surface area contributed by atoms with Crippen LogP contribution in [-0.2, 0) is 4.79 Å². The Hall–Kier alpha value is -1.57. The monoisotopic (exact) mass is 191 g/mol. The van der Waals surface area contributed by atoms with Crippen molar-refractivity contribution in [2.45, 2.75) is 20.3 Å². The van der Waals surface area contributed by atoms with E-state index in [1.54, 1.807) is 6.08 Å². The van der Waals surface area contributed by atoms with Crippen molar-refractivity contribution in [3.63, 3.8) is 0 Å². The van der Waals surface area contributed by atoms with Crippen molar-refractivity contribution in [3.8, 4) is 0 Å². The molecule has 14 heavy (non-hydrogen) atoms. The molecule has 0 spiro atoms. The number of carbonyl (C=O) groups excluding carboxylic acids is 1. The number of allylic oxidation sites excluding steroid dienone is 5. The van der Waals surface area contributed by atoms with E-state index in [1.165, 1.54) is 0 Å². The van der Waals surface area contributed by atoms with Crippen LogP contribution in [0.4, 0.5) is 0 Å². The highest BCUT2D eigenvalue weighted by Crippen LogP contribution is 2.07. The molecule has 0 rings (SSSR count). The Kier molecular flexibility index (Phi) is 6.12. The molecule has 0 aromatic heterocycles. The lowest BCUT2D eigenvalue weighted by molar-refractivity contribution is -0.107. The molecule has 0 unspecified atom stereocenters. The molecule has 0 aliphatic rings. The lowest BCUT2D eigenvalue weighted by atomic mass is 10.1. The molecule has 0 saturated carbocycles. The number of rotatable bonds is 5. The molecule has 0 fully saturated rings. The van der Waals surface area contributed by atoms with Crippen LogP contribution in [0.25, 0.3) is 0 Å². The van der Waals surface area contributed by atoms with E-state index in [4.69, 9.17) is 5.73 Å². The van der Waals surface area contributed by atoms with Crippen LogP contribution in [0.5, 0.6) is 0 Å². The Morgan fingerprint density at radius 2 is 2.14 bits per heavy atom. The molecule has 0 radical (unpaired) electrons. The Balaban J connectivity index is 4.48. The second-order valence-electron chi connectivity index (χ2n) is 2.98. The summed E-state index contributed by atoms with van der Waals surface area (Å²) in [6.07, 6.45) is 8.61. The van der Waals surface area contributed by atoms with Crippen LogP contribution in [0, 0.1) is 0 Å². The Labute approximate surface area is 85.5 Å². The maximum Gasteiger partial charge on any atom is 0.123 e. The van der Waals surface area contributed by atoms with Crippen LogP contribution in [-0.4, -0.2) is 6.29 Å². The van der Waals surface area contributed by atoms with Gasteiger partial charge in [0.1, 0.15) is 6.29 Å². The minimum absolute atomic E-state index is 0.335. The Bertz CT molecular complexity index is 295. The van der Waals surface area contributed by atoms with Crippen LogP contribution >= 0.6 is 0 Å². The van der Waals surface area contributed by atoms with E-state index in [1.807, 2.05) is 32.1 Å². The fourth-order valence-electron chi connectivity index (χ4n) is 0.975. The first kappa shape index (κ1) is 12.4. The minimum atomic E-state index is 0.335. The summed E-state index contributed by atoms with van der Waals surface area (Å²) in [6, 6.07) is 0. The third kappa shape index (κ3) is 5.14. The van der Waals surface area contributed by atoms with Crippen molar-refractivity contribution >= 4 is 6.29 Å². The van der Waals surface area contributed by atoms with Crippen molar-refractivity contribution < 1.29 is 4.79 Å². The normalized spacial score (nSPS) is 13.3. The number of hydrogen-bond donors (Lipinski definition) is 1. The first-order chi connectivity index (χ1) is 6.61. The standard InChI is InChI=1S/C12H17NO/c1-4-6-10(2)9-11(3)12(13)7-5-8-14/h4,6-9H,3,5,13H2,1-2H3/b6-4-,10-9-,12-7-. The van der Waals surface area contributed by atoms with Gasteiger partial charge in [0, 0.05) is 12.1 Å². The van der Waals surface area contributed by atoms with Crippen LogP contribution in [0.2, 0.25) is 0 Å². The van der Waals surface area contributed by atoms with Crippen LogP contribution in [0.1, 0.15) is 20.3 Å². The molecular formula is C12H17NO. The van der Waals surface area contributed by atoms with Gasteiger partial charge < -0.3 is 10.5 Å². The molecule has 0 aromatic carbocycles. The lowest BCUT2D eigenvalue weighted by Crippen LogP contribution is -1.98. The van der Waals surface area contributed by atoms with Gasteiger partial charge in [0.2, 0.25) is 0 Å². The van der Waals surface area contributed by atoms with E-state index in [2.05, 4.69) is 6.58 Å². The summed E-state index contributed by atoms with van der Waals surface area (Å²) in [5, 5.41) is 0. The second kappa shape index (κ2) is 6.89. The van der Waals surface area contributed by atoms with Gasteiger partial charge in [-0.05, 0) is 19.4 Å². The van der Waals surface area contributed by atoms with Gasteiger partial charge in [0.15, 0.2) is 0 Å². The second-order valence-corrected chi connectivity index (χ2v) is 2.98.